The van der Waals surface area contributed by atoms with E-state index < -0.39 is 0 Å². The Hall–Kier alpha value is -1.82. The Balaban J connectivity index is 2.06. The maximum atomic E-state index is 5.21. The second-order valence-corrected chi connectivity index (χ2v) is 5.34. The molecule has 6 nitrogen and oxygen atoms in total. The fourth-order valence-corrected chi connectivity index (χ4v) is 2.48. The first kappa shape index (κ1) is 14.6. The van der Waals surface area contributed by atoms with Gasteiger partial charge in [-0.25, -0.2) is 4.98 Å². The topological polar surface area (TPSA) is 59.1 Å². The minimum atomic E-state index is 0.193. The highest BCUT2D eigenvalue weighted by atomic mass is 16.5. The predicted molar refractivity (Wildman–Crippen MR) is 78.8 cm³/mol. The van der Waals surface area contributed by atoms with E-state index in [1.807, 2.05) is 46.1 Å². The van der Waals surface area contributed by atoms with Crippen molar-refractivity contribution in [2.24, 2.45) is 7.05 Å². The van der Waals surface area contributed by atoms with Gasteiger partial charge in [0, 0.05) is 39.3 Å². The minimum Gasteiger partial charge on any atom is -0.361 e. The molecule has 0 spiro atoms. The zero-order chi connectivity index (χ0) is 14.9. The van der Waals surface area contributed by atoms with E-state index in [1.54, 1.807) is 0 Å². The lowest BCUT2D eigenvalue weighted by Gasteiger charge is -2.15. The molecule has 2 rings (SSSR count). The number of aryl methyl sites for hydroxylation is 2. The summed E-state index contributed by atoms with van der Waals surface area (Å²) in [4.78, 5) is 6.41. The third-order valence-corrected chi connectivity index (χ3v) is 3.57. The maximum absolute atomic E-state index is 5.21. The summed E-state index contributed by atoms with van der Waals surface area (Å²) in [7, 11) is 6.01. The number of hydrogen-bond acceptors (Lipinski definition) is 5. The van der Waals surface area contributed by atoms with Crippen LogP contribution in [0.3, 0.4) is 0 Å². The van der Waals surface area contributed by atoms with E-state index in [9.17, 15) is 0 Å². The third-order valence-electron chi connectivity index (χ3n) is 3.57. The second-order valence-electron chi connectivity index (χ2n) is 5.34. The van der Waals surface area contributed by atoms with Crippen LogP contribution in [0.5, 0.6) is 0 Å². The molecule has 2 heterocycles. The van der Waals surface area contributed by atoms with Crippen molar-refractivity contribution in [3.05, 3.63) is 28.9 Å². The summed E-state index contributed by atoms with van der Waals surface area (Å²) < 4.78 is 7.30. The Kier molecular flexibility index (Phi) is 4.13. The minimum absolute atomic E-state index is 0.193. The Bertz CT molecular complexity index is 565. The standard InChI is InChI=1S/C14H23N5O/c1-9(13-10(2)17-20-11(13)3)15-7-12-8-16-14(18(4)5)19(12)6/h8-9,15H,7H2,1-6H3. The van der Waals surface area contributed by atoms with Crippen LogP contribution in [0.25, 0.3) is 0 Å². The zero-order valence-electron chi connectivity index (χ0n) is 13.1. The van der Waals surface area contributed by atoms with Crippen molar-refractivity contribution in [3.63, 3.8) is 0 Å². The van der Waals surface area contributed by atoms with Crippen molar-refractivity contribution in [3.8, 4) is 0 Å². The van der Waals surface area contributed by atoms with Gasteiger partial charge in [0.1, 0.15) is 5.76 Å². The quantitative estimate of drug-likeness (QED) is 0.905. The number of nitrogens with one attached hydrogen (secondary N) is 1. The van der Waals surface area contributed by atoms with Crippen molar-refractivity contribution < 1.29 is 4.52 Å². The molecular formula is C14H23N5O. The fraction of sp³-hybridized carbons (Fsp3) is 0.571. The monoisotopic (exact) mass is 277 g/mol. The van der Waals surface area contributed by atoms with Gasteiger partial charge >= 0.3 is 0 Å². The van der Waals surface area contributed by atoms with Crippen LogP contribution < -0.4 is 10.2 Å². The Morgan fingerprint density at radius 1 is 1.40 bits per heavy atom. The number of imidazole rings is 1. The van der Waals surface area contributed by atoms with E-state index in [0.717, 1.165) is 35.2 Å². The molecule has 110 valence electrons. The lowest BCUT2D eigenvalue weighted by molar-refractivity contribution is 0.390. The highest BCUT2D eigenvalue weighted by Crippen LogP contribution is 2.21. The normalized spacial score (nSPS) is 12.7. The molecule has 1 unspecified atom stereocenters. The maximum Gasteiger partial charge on any atom is 0.204 e. The first-order chi connectivity index (χ1) is 9.41. The number of anilines is 1. The molecule has 1 N–H and O–H groups in total. The molecule has 1 atom stereocenters. The molecule has 0 aliphatic heterocycles. The number of rotatable bonds is 5. The number of nitrogens with zero attached hydrogens (tertiary/aromatic N) is 4. The van der Waals surface area contributed by atoms with Crippen molar-refractivity contribution in [2.45, 2.75) is 33.4 Å². The lowest BCUT2D eigenvalue weighted by atomic mass is 10.1. The first-order valence-corrected chi connectivity index (χ1v) is 6.76. The molecule has 0 aromatic carbocycles. The van der Waals surface area contributed by atoms with E-state index in [4.69, 9.17) is 4.52 Å². The highest BCUT2D eigenvalue weighted by Gasteiger charge is 2.16. The molecule has 0 fully saturated rings. The predicted octanol–water partition coefficient (Wildman–Crippen LogP) is 1.94. The van der Waals surface area contributed by atoms with Crippen LogP contribution >= 0.6 is 0 Å². The van der Waals surface area contributed by atoms with Gasteiger partial charge in [0.2, 0.25) is 5.95 Å². The van der Waals surface area contributed by atoms with Crippen molar-refractivity contribution >= 4 is 5.95 Å². The Morgan fingerprint density at radius 3 is 2.60 bits per heavy atom. The summed E-state index contributed by atoms with van der Waals surface area (Å²) in [5.74, 6) is 1.83. The molecule has 2 aromatic rings. The van der Waals surface area contributed by atoms with Crippen molar-refractivity contribution in [2.75, 3.05) is 19.0 Å². The van der Waals surface area contributed by atoms with Gasteiger partial charge in [-0.2, -0.15) is 0 Å². The molecule has 0 aliphatic carbocycles. The number of hydrogen-bond donors (Lipinski definition) is 1. The van der Waals surface area contributed by atoms with Crippen LogP contribution in [0.1, 0.15) is 35.7 Å². The molecule has 20 heavy (non-hydrogen) atoms. The SMILES string of the molecule is Cc1noc(C)c1C(C)NCc1cnc(N(C)C)n1C. The first-order valence-electron chi connectivity index (χ1n) is 6.76. The van der Waals surface area contributed by atoms with Crippen molar-refractivity contribution in [1.82, 2.24) is 20.0 Å². The van der Waals surface area contributed by atoms with E-state index in [-0.39, 0.29) is 6.04 Å². The summed E-state index contributed by atoms with van der Waals surface area (Å²) >= 11 is 0. The molecule has 6 heteroatoms. The van der Waals surface area contributed by atoms with Crippen LogP contribution in [0.15, 0.2) is 10.7 Å². The average molecular weight is 277 g/mol. The van der Waals surface area contributed by atoms with Gasteiger partial charge in [0.05, 0.1) is 17.6 Å². The molecule has 2 aromatic heterocycles. The average Bonchev–Trinajstić information content (AvgIpc) is 2.90. The molecule has 0 saturated carbocycles. The summed E-state index contributed by atoms with van der Waals surface area (Å²) in [6.07, 6.45) is 1.91. The fourth-order valence-electron chi connectivity index (χ4n) is 2.48. The number of aromatic nitrogens is 3. The molecular weight excluding hydrogens is 254 g/mol. The third kappa shape index (κ3) is 2.70. The highest BCUT2D eigenvalue weighted by molar-refractivity contribution is 5.31. The van der Waals surface area contributed by atoms with Gasteiger partial charge < -0.3 is 19.3 Å². The summed E-state index contributed by atoms with van der Waals surface area (Å²) in [5.41, 5.74) is 3.23. The molecule has 0 aliphatic rings. The molecule has 0 saturated heterocycles. The summed E-state index contributed by atoms with van der Waals surface area (Å²) in [5, 5.41) is 7.49. The largest absolute Gasteiger partial charge is 0.361 e. The smallest absolute Gasteiger partial charge is 0.204 e. The van der Waals surface area contributed by atoms with Crippen LogP contribution in [0.2, 0.25) is 0 Å². The van der Waals surface area contributed by atoms with Crippen molar-refractivity contribution in [1.29, 1.82) is 0 Å². The van der Waals surface area contributed by atoms with Gasteiger partial charge in [0.25, 0.3) is 0 Å². The molecule has 0 bridgehead atoms. The van der Waals surface area contributed by atoms with Gasteiger partial charge in [-0.05, 0) is 20.8 Å². The van der Waals surface area contributed by atoms with Crippen LogP contribution in [-0.4, -0.2) is 28.8 Å². The van der Waals surface area contributed by atoms with Crippen LogP contribution in [0.4, 0.5) is 5.95 Å². The zero-order valence-corrected chi connectivity index (χ0v) is 13.1. The molecule has 0 radical (unpaired) electrons. The molecule has 0 amide bonds. The van der Waals surface area contributed by atoms with Gasteiger partial charge in [0.15, 0.2) is 0 Å². The van der Waals surface area contributed by atoms with Gasteiger partial charge in [-0.3, -0.25) is 0 Å². The Labute approximate surface area is 119 Å². The van der Waals surface area contributed by atoms with E-state index in [1.165, 1.54) is 0 Å². The van der Waals surface area contributed by atoms with E-state index in [2.05, 4.69) is 26.9 Å². The summed E-state index contributed by atoms with van der Waals surface area (Å²) in [6, 6.07) is 0.193. The van der Waals surface area contributed by atoms with Gasteiger partial charge in [-0.1, -0.05) is 5.16 Å². The Morgan fingerprint density at radius 2 is 2.10 bits per heavy atom. The van der Waals surface area contributed by atoms with Crippen LogP contribution in [0, 0.1) is 13.8 Å². The van der Waals surface area contributed by atoms with Gasteiger partial charge in [-0.15, -0.1) is 0 Å². The lowest BCUT2D eigenvalue weighted by Crippen LogP contribution is -2.21. The second kappa shape index (κ2) is 5.66. The van der Waals surface area contributed by atoms with E-state index >= 15 is 0 Å². The van der Waals surface area contributed by atoms with Crippen LogP contribution in [-0.2, 0) is 13.6 Å². The summed E-state index contributed by atoms with van der Waals surface area (Å²) in [6.45, 7) is 6.79. The van der Waals surface area contributed by atoms with E-state index in [0.29, 0.717) is 0 Å².